The van der Waals surface area contributed by atoms with Crippen molar-refractivity contribution in [2.75, 3.05) is 0 Å². The molecule has 0 aliphatic heterocycles. The summed E-state index contributed by atoms with van der Waals surface area (Å²) >= 11 is 0. The number of nitriles is 1. The number of aryl methyl sites for hydroxylation is 1. The van der Waals surface area contributed by atoms with E-state index in [0.717, 1.165) is 31.3 Å². The van der Waals surface area contributed by atoms with Crippen LogP contribution in [0.1, 0.15) is 74.4 Å². The topological polar surface area (TPSA) is 23.8 Å². The number of allylic oxidation sites excluding steroid dienone is 1. The van der Waals surface area contributed by atoms with E-state index in [2.05, 4.69) is 132 Å². The van der Waals surface area contributed by atoms with Crippen molar-refractivity contribution < 1.29 is 0 Å². The fourth-order valence-corrected chi connectivity index (χ4v) is 5.68. The average Bonchev–Trinajstić information content (AvgIpc) is 2.92. The first kappa shape index (κ1) is 29.1. The smallest absolute Gasteiger partial charge is 0.0625 e. The molecule has 0 fully saturated rings. The summed E-state index contributed by atoms with van der Waals surface area (Å²) in [5.74, 6) is 1.13. The molecule has 0 N–H and O–H groups in total. The fraction of sp³-hybridized carbons (Fsp3) is 0.308. The van der Waals surface area contributed by atoms with Crippen LogP contribution in [0.25, 0.3) is 27.8 Å². The Kier molecular flexibility index (Phi) is 9.79. The van der Waals surface area contributed by atoms with E-state index in [1.807, 2.05) is 0 Å². The predicted octanol–water partition coefficient (Wildman–Crippen LogP) is 10.5. The standard InChI is InChI=1S/C39H43N/c1-27(2)21-34-24-31(13-10-20-40)14-17-38(34)33-16-19-39(36(26-33)23-30-11-8-7-9-12-30)32-15-18-37(29(5)6)35(25-32)22-28(3)4/h7-9,11-12,14-19,24-28H,5,10,13,21-23H2,1-4,6H3. The maximum absolute atomic E-state index is 9.09. The van der Waals surface area contributed by atoms with Crippen LogP contribution >= 0.6 is 0 Å². The lowest BCUT2D eigenvalue weighted by molar-refractivity contribution is 0.646. The van der Waals surface area contributed by atoms with Crippen LogP contribution < -0.4 is 0 Å². The molecular formula is C39H43N. The van der Waals surface area contributed by atoms with Gasteiger partial charge in [0.2, 0.25) is 0 Å². The van der Waals surface area contributed by atoms with Crippen LogP contribution in [0, 0.1) is 23.2 Å². The lowest BCUT2D eigenvalue weighted by Crippen LogP contribution is -2.01. The average molecular weight is 526 g/mol. The lowest BCUT2D eigenvalue weighted by atomic mass is 9.86. The van der Waals surface area contributed by atoms with E-state index >= 15 is 0 Å². The minimum Gasteiger partial charge on any atom is -0.198 e. The van der Waals surface area contributed by atoms with Gasteiger partial charge in [-0.25, -0.2) is 0 Å². The van der Waals surface area contributed by atoms with Gasteiger partial charge >= 0.3 is 0 Å². The summed E-state index contributed by atoms with van der Waals surface area (Å²) in [5, 5.41) is 9.09. The van der Waals surface area contributed by atoms with Crippen molar-refractivity contribution in [2.45, 2.75) is 66.7 Å². The van der Waals surface area contributed by atoms with Crippen molar-refractivity contribution in [1.82, 2.24) is 0 Å². The van der Waals surface area contributed by atoms with Crippen LogP contribution in [0.4, 0.5) is 0 Å². The summed E-state index contributed by atoms with van der Waals surface area (Å²) in [5.41, 5.74) is 14.2. The Labute approximate surface area is 242 Å². The van der Waals surface area contributed by atoms with E-state index in [0.29, 0.717) is 18.3 Å². The predicted molar refractivity (Wildman–Crippen MR) is 172 cm³/mol. The second kappa shape index (κ2) is 13.5. The molecule has 4 rings (SSSR count). The molecule has 0 spiro atoms. The minimum atomic E-state index is 0.555. The number of nitrogens with zero attached hydrogens (tertiary/aromatic N) is 1. The Morgan fingerprint density at radius 2 is 1.30 bits per heavy atom. The molecule has 4 aromatic rings. The van der Waals surface area contributed by atoms with Crippen LogP contribution in [-0.2, 0) is 25.7 Å². The van der Waals surface area contributed by atoms with Gasteiger partial charge < -0.3 is 0 Å². The van der Waals surface area contributed by atoms with Crippen LogP contribution in [0.15, 0.2) is 91.5 Å². The van der Waals surface area contributed by atoms with Gasteiger partial charge in [0.25, 0.3) is 0 Å². The highest BCUT2D eigenvalue weighted by Crippen LogP contribution is 2.35. The summed E-state index contributed by atoms with van der Waals surface area (Å²) in [6, 6.07) is 33.8. The highest BCUT2D eigenvalue weighted by Gasteiger charge is 2.15. The summed E-state index contributed by atoms with van der Waals surface area (Å²) < 4.78 is 0. The summed E-state index contributed by atoms with van der Waals surface area (Å²) in [7, 11) is 0. The number of benzene rings is 4. The number of rotatable bonds is 11. The largest absolute Gasteiger partial charge is 0.198 e. The second-order valence-electron chi connectivity index (χ2n) is 12.0. The Morgan fingerprint density at radius 3 is 1.95 bits per heavy atom. The third-order valence-corrected chi connectivity index (χ3v) is 7.48. The highest BCUT2D eigenvalue weighted by atomic mass is 14.2. The molecule has 0 amide bonds. The van der Waals surface area contributed by atoms with Crippen molar-refractivity contribution in [1.29, 1.82) is 5.26 Å². The molecular weight excluding hydrogens is 482 g/mol. The molecule has 0 saturated heterocycles. The molecule has 1 heteroatoms. The third-order valence-electron chi connectivity index (χ3n) is 7.48. The van der Waals surface area contributed by atoms with E-state index in [4.69, 9.17) is 5.26 Å². The van der Waals surface area contributed by atoms with Crippen LogP contribution in [0.2, 0.25) is 0 Å². The normalized spacial score (nSPS) is 11.2. The zero-order chi connectivity index (χ0) is 28.6. The summed E-state index contributed by atoms with van der Waals surface area (Å²) in [6.45, 7) is 15.5. The zero-order valence-corrected chi connectivity index (χ0v) is 24.9. The SMILES string of the molecule is C=C(C)c1ccc(-c2ccc(-c3ccc(CCC#N)cc3CC(C)C)cc2Cc2ccccc2)cc1CC(C)C. The van der Waals surface area contributed by atoms with Gasteiger partial charge in [-0.15, -0.1) is 0 Å². The molecule has 0 bridgehead atoms. The number of hydrogen-bond donors (Lipinski definition) is 0. The van der Waals surface area contributed by atoms with Crippen LogP contribution in [0.3, 0.4) is 0 Å². The first-order valence-corrected chi connectivity index (χ1v) is 14.7. The molecule has 0 aliphatic carbocycles. The quantitative estimate of drug-likeness (QED) is 0.191. The summed E-state index contributed by atoms with van der Waals surface area (Å²) in [6.07, 6.45) is 4.30. The molecule has 204 valence electrons. The van der Waals surface area contributed by atoms with Crippen LogP contribution in [-0.4, -0.2) is 0 Å². The molecule has 0 unspecified atom stereocenters. The molecule has 40 heavy (non-hydrogen) atoms. The summed E-state index contributed by atoms with van der Waals surface area (Å²) in [4.78, 5) is 0. The number of hydrogen-bond acceptors (Lipinski definition) is 1. The van der Waals surface area contributed by atoms with Gasteiger partial charge in [0, 0.05) is 6.42 Å². The van der Waals surface area contributed by atoms with Crippen molar-refractivity contribution in [3.63, 3.8) is 0 Å². The van der Waals surface area contributed by atoms with Gasteiger partial charge in [0.05, 0.1) is 6.07 Å². The molecule has 0 saturated carbocycles. The second-order valence-corrected chi connectivity index (χ2v) is 12.0. The van der Waals surface area contributed by atoms with Gasteiger partial charge in [-0.2, -0.15) is 5.26 Å². The molecule has 1 nitrogen and oxygen atoms in total. The van der Waals surface area contributed by atoms with E-state index < -0.39 is 0 Å². The molecule has 0 atom stereocenters. The highest BCUT2D eigenvalue weighted by molar-refractivity contribution is 5.78. The van der Waals surface area contributed by atoms with E-state index in [1.54, 1.807) is 0 Å². The minimum absolute atomic E-state index is 0.555. The monoisotopic (exact) mass is 525 g/mol. The van der Waals surface area contributed by atoms with Gasteiger partial charge in [-0.1, -0.05) is 125 Å². The van der Waals surface area contributed by atoms with Gasteiger partial charge in [-0.3, -0.25) is 0 Å². The maximum Gasteiger partial charge on any atom is 0.0625 e. The first-order valence-electron chi connectivity index (χ1n) is 14.7. The molecule has 4 aromatic carbocycles. The molecule has 0 aliphatic rings. The van der Waals surface area contributed by atoms with Crippen molar-refractivity contribution in [3.05, 3.63) is 125 Å². The van der Waals surface area contributed by atoms with E-state index in [1.165, 1.54) is 55.6 Å². The zero-order valence-electron chi connectivity index (χ0n) is 24.9. The van der Waals surface area contributed by atoms with Gasteiger partial charge in [-0.05, 0) is 100 Å². The van der Waals surface area contributed by atoms with E-state index in [-0.39, 0.29) is 0 Å². The Bertz CT molecular complexity index is 1500. The molecule has 0 radical (unpaired) electrons. The van der Waals surface area contributed by atoms with Crippen molar-refractivity contribution in [3.8, 4) is 28.3 Å². The molecule has 0 aromatic heterocycles. The van der Waals surface area contributed by atoms with E-state index in [9.17, 15) is 0 Å². The Hall–Kier alpha value is -3.89. The Balaban J connectivity index is 1.85. The van der Waals surface area contributed by atoms with Gasteiger partial charge in [0.15, 0.2) is 0 Å². The Morgan fingerprint density at radius 1 is 0.700 bits per heavy atom. The maximum atomic E-state index is 9.09. The fourth-order valence-electron chi connectivity index (χ4n) is 5.68. The van der Waals surface area contributed by atoms with Gasteiger partial charge in [0.1, 0.15) is 0 Å². The van der Waals surface area contributed by atoms with Crippen molar-refractivity contribution >= 4 is 5.57 Å². The molecule has 0 heterocycles. The lowest BCUT2D eigenvalue weighted by Gasteiger charge is -2.19. The third kappa shape index (κ3) is 7.40. The van der Waals surface area contributed by atoms with Crippen molar-refractivity contribution in [2.24, 2.45) is 11.8 Å². The first-order chi connectivity index (χ1) is 19.2. The van der Waals surface area contributed by atoms with Crippen LogP contribution in [0.5, 0.6) is 0 Å².